The lowest BCUT2D eigenvalue weighted by Crippen LogP contribution is -2.40. The molecule has 0 spiro atoms. The Bertz CT molecular complexity index is 858. The molecule has 0 saturated carbocycles. The molecule has 1 saturated heterocycles. The second kappa shape index (κ2) is 8.22. The molecule has 9 heteroatoms. The number of ether oxygens (including phenoxy) is 1. The molecule has 1 aliphatic rings. The lowest BCUT2D eigenvalue weighted by atomic mass is 10.1. The number of furan rings is 1. The van der Waals surface area contributed by atoms with Crippen LogP contribution in [0.5, 0.6) is 0 Å². The topological polar surface area (TPSA) is 88.9 Å². The average molecular weight is 399 g/mol. The van der Waals surface area contributed by atoms with Crippen molar-refractivity contribution in [2.45, 2.75) is 11.5 Å². The Labute approximate surface area is 156 Å². The van der Waals surface area contributed by atoms with Gasteiger partial charge in [0.2, 0.25) is 5.09 Å². The fourth-order valence-corrected chi connectivity index (χ4v) is 4.00. The first-order chi connectivity index (χ1) is 12.5. The highest BCUT2D eigenvalue weighted by Gasteiger charge is 2.29. The molecule has 0 atom stereocenters. The summed E-state index contributed by atoms with van der Waals surface area (Å²) in [6, 6.07) is 10.0. The van der Waals surface area contributed by atoms with Crippen LogP contribution in [0.4, 0.5) is 0 Å². The van der Waals surface area contributed by atoms with Crippen LogP contribution in [0.15, 0.2) is 45.9 Å². The Balaban J connectivity index is 1.58. The molecule has 1 aliphatic heterocycles. The van der Waals surface area contributed by atoms with Gasteiger partial charge >= 0.3 is 0 Å². The number of carbonyl (C=O) groups excluding carboxylic acids is 1. The molecule has 2 heterocycles. The van der Waals surface area contributed by atoms with E-state index in [9.17, 15) is 13.2 Å². The summed E-state index contributed by atoms with van der Waals surface area (Å²) in [5, 5.41) is 3.13. The third kappa shape index (κ3) is 4.45. The average Bonchev–Trinajstić information content (AvgIpc) is 3.15. The van der Waals surface area contributed by atoms with E-state index in [0.717, 1.165) is 5.56 Å². The SMILES string of the molecule is O=C(NCCc1ccc(Cl)cc1)c1ccc(S(=O)(=O)N2CCOCC2)o1. The predicted octanol–water partition coefficient (Wildman–Crippen LogP) is 1.93. The third-order valence-electron chi connectivity index (χ3n) is 3.98. The summed E-state index contributed by atoms with van der Waals surface area (Å²) in [6.45, 7) is 1.62. The molecule has 7 nitrogen and oxygen atoms in total. The standard InChI is InChI=1S/C17H19ClN2O5S/c18-14-3-1-13(2-4-14)7-8-19-17(21)15-5-6-16(25-15)26(22,23)20-9-11-24-12-10-20/h1-6H,7-12H2,(H,19,21). The maximum Gasteiger partial charge on any atom is 0.287 e. The number of rotatable bonds is 6. The van der Waals surface area contributed by atoms with E-state index >= 15 is 0 Å². The molecule has 1 amide bonds. The lowest BCUT2D eigenvalue weighted by Gasteiger charge is -2.24. The minimum atomic E-state index is -3.75. The van der Waals surface area contributed by atoms with Crippen molar-refractivity contribution in [2.24, 2.45) is 0 Å². The number of benzene rings is 1. The van der Waals surface area contributed by atoms with Gasteiger partial charge in [0.1, 0.15) is 0 Å². The Morgan fingerprint density at radius 2 is 1.81 bits per heavy atom. The van der Waals surface area contributed by atoms with E-state index in [1.165, 1.54) is 16.4 Å². The minimum Gasteiger partial charge on any atom is -0.438 e. The first-order valence-electron chi connectivity index (χ1n) is 8.17. The zero-order valence-electron chi connectivity index (χ0n) is 14.0. The molecule has 0 aliphatic carbocycles. The second-order valence-corrected chi connectivity index (χ2v) is 8.07. The summed E-state index contributed by atoms with van der Waals surface area (Å²) in [4.78, 5) is 12.2. The van der Waals surface area contributed by atoms with Gasteiger partial charge in [-0.1, -0.05) is 23.7 Å². The van der Waals surface area contributed by atoms with E-state index in [4.69, 9.17) is 20.8 Å². The Hall–Kier alpha value is -1.87. The summed E-state index contributed by atoms with van der Waals surface area (Å²) >= 11 is 5.83. The van der Waals surface area contributed by atoms with Crippen LogP contribution in [0.1, 0.15) is 16.1 Å². The van der Waals surface area contributed by atoms with Gasteiger partial charge in [-0.2, -0.15) is 4.31 Å². The molecular formula is C17H19ClN2O5S. The van der Waals surface area contributed by atoms with Crippen LogP contribution < -0.4 is 5.32 Å². The highest BCUT2D eigenvalue weighted by atomic mass is 35.5. The number of morpholine rings is 1. The van der Waals surface area contributed by atoms with Crippen LogP contribution in [-0.2, 0) is 21.2 Å². The monoisotopic (exact) mass is 398 g/mol. The van der Waals surface area contributed by atoms with Crippen LogP contribution in [0, 0.1) is 0 Å². The largest absolute Gasteiger partial charge is 0.438 e. The van der Waals surface area contributed by atoms with E-state index < -0.39 is 15.9 Å². The van der Waals surface area contributed by atoms with E-state index in [2.05, 4.69) is 5.32 Å². The van der Waals surface area contributed by atoms with Gasteiger partial charge in [-0.25, -0.2) is 8.42 Å². The van der Waals surface area contributed by atoms with Gasteiger partial charge in [-0.05, 0) is 36.2 Å². The van der Waals surface area contributed by atoms with Gasteiger partial charge in [0.15, 0.2) is 5.76 Å². The Morgan fingerprint density at radius 3 is 2.50 bits per heavy atom. The van der Waals surface area contributed by atoms with E-state index in [1.807, 2.05) is 12.1 Å². The maximum absolute atomic E-state index is 12.5. The molecule has 2 aromatic rings. The predicted molar refractivity (Wildman–Crippen MR) is 95.8 cm³/mol. The van der Waals surface area contributed by atoms with Crippen molar-refractivity contribution in [3.8, 4) is 0 Å². The molecule has 0 radical (unpaired) electrons. The molecule has 0 unspecified atom stereocenters. The van der Waals surface area contributed by atoms with Crippen molar-refractivity contribution in [1.29, 1.82) is 0 Å². The Morgan fingerprint density at radius 1 is 1.12 bits per heavy atom. The smallest absolute Gasteiger partial charge is 0.287 e. The van der Waals surface area contributed by atoms with Crippen LogP contribution in [0.25, 0.3) is 0 Å². The number of amides is 1. The van der Waals surface area contributed by atoms with Gasteiger partial charge in [0, 0.05) is 24.7 Å². The molecule has 140 valence electrons. The quantitative estimate of drug-likeness (QED) is 0.803. The molecule has 1 aromatic carbocycles. The molecule has 0 bridgehead atoms. The van der Waals surface area contributed by atoms with Crippen molar-refractivity contribution in [3.05, 3.63) is 52.7 Å². The summed E-state index contributed by atoms with van der Waals surface area (Å²) in [5.41, 5.74) is 1.03. The Kier molecular flexibility index (Phi) is 5.98. The fraction of sp³-hybridized carbons (Fsp3) is 0.353. The molecule has 26 heavy (non-hydrogen) atoms. The van der Waals surface area contributed by atoms with Gasteiger partial charge in [0.05, 0.1) is 13.2 Å². The lowest BCUT2D eigenvalue weighted by molar-refractivity contribution is 0.0722. The van der Waals surface area contributed by atoms with E-state index in [0.29, 0.717) is 31.2 Å². The summed E-state index contributed by atoms with van der Waals surface area (Å²) in [7, 11) is -3.75. The summed E-state index contributed by atoms with van der Waals surface area (Å²) < 4.78 is 36.7. The zero-order valence-corrected chi connectivity index (χ0v) is 15.6. The summed E-state index contributed by atoms with van der Waals surface area (Å²) in [6.07, 6.45) is 0.628. The van der Waals surface area contributed by atoms with Crippen molar-refractivity contribution in [1.82, 2.24) is 9.62 Å². The number of carbonyl (C=O) groups is 1. The van der Waals surface area contributed by atoms with Crippen LogP contribution in [-0.4, -0.2) is 51.5 Å². The number of sulfonamides is 1. The van der Waals surface area contributed by atoms with Crippen molar-refractivity contribution >= 4 is 27.5 Å². The number of hydrogen-bond acceptors (Lipinski definition) is 5. The van der Waals surface area contributed by atoms with Crippen LogP contribution in [0.2, 0.25) is 5.02 Å². The van der Waals surface area contributed by atoms with Gasteiger partial charge in [-0.3, -0.25) is 4.79 Å². The zero-order chi connectivity index (χ0) is 18.6. The second-order valence-electron chi connectivity index (χ2n) is 5.77. The number of nitrogens with zero attached hydrogens (tertiary/aromatic N) is 1. The molecule has 1 N–H and O–H groups in total. The van der Waals surface area contributed by atoms with Crippen LogP contribution >= 0.6 is 11.6 Å². The van der Waals surface area contributed by atoms with Gasteiger partial charge in [-0.15, -0.1) is 0 Å². The van der Waals surface area contributed by atoms with Gasteiger partial charge in [0.25, 0.3) is 15.9 Å². The number of halogens is 1. The van der Waals surface area contributed by atoms with Crippen molar-refractivity contribution < 1.29 is 22.4 Å². The highest BCUT2D eigenvalue weighted by Crippen LogP contribution is 2.20. The molecule has 1 aromatic heterocycles. The van der Waals surface area contributed by atoms with Crippen LogP contribution in [0.3, 0.4) is 0 Å². The first kappa shape index (κ1) is 18.9. The number of hydrogen-bond donors (Lipinski definition) is 1. The van der Waals surface area contributed by atoms with Gasteiger partial charge < -0.3 is 14.5 Å². The fourth-order valence-electron chi connectivity index (χ4n) is 2.55. The minimum absolute atomic E-state index is 0.0343. The molecule has 1 fully saturated rings. The van der Waals surface area contributed by atoms with Crippen molar-refractivity contribution in [2.75, 3.05) is 32.8 Å². The molecule has 3 rings (SSSR count). The normalized spacial score (nSPS) is 15.7. The first-order valence-corrected chi connectivity index (χ1v) is 9.99. The van der Waals surface area contributed by atoms with Crippen molar-refractivity contribution in [3.63, 3.8) is 0 Å². The van der Waals surface area contributed by atoms with E-state index in [-0.39, 0.29) is 23.9 Å². The number of nitrogens with one attached hydrogen (secondary N) is 1. The van der Waals surface area contributed by atoms with E-state index in [1.54, 1.807) is 12.1 Å². The highest BCUT2D eigenvalue weighted by molar-refractivity contribution is 7.89. The third-order valence-corrected chi connectivity index (χ3v) is 6.01. The maximum atomic E-state index is 12.5. The molecular weight excluding hydrogens is 380 g/mol. The summed E-state index contributed by atoms with van der Waals surface area (Å²) in [5.74, 6) is -0.490.